The van der Waals surface area contributed by atoms with Gasteiger partial charge in [0, 0.05) is 12.3 Å². The number of nitro groups is 1. The number of nitrogens with zero attached hydrogens (tertiary/aromatic N) is 2. The van der Waals surface area contributed by atoms with E-state index in [1.165, 1.54) is 30.5 Å². The van der Waals surface area contributed by atoms with Crippen LogP contribution in [-0.2, 0) is 9.53 Å². The van der Waals surface area contributed by atoms with Crippen molar-refractivity contribution in [3.05, 3.63) is 62.9 Å². The summed E-state index contributed by atoms with van der Waals surface area (Å²) < 4.78 is 4.84. The fourth-order valence-electron chi connectivity index (χ4n) is 1.89. The molecule has 0 unspecified atom stereocenters. The van der Waals surface area contributed by atoms with Crippen LogP contribution in [0.25, 0.3) is 0 Å². The molecule has 0 aliphatic rings. The Bertz CT molecular complexity index is 809. The number of hydrogen-bond acceptors (Lipinski definition) is 6. The first-order valence-electron chi connectivity index (χ1n) is 6.71. The number of carbonyl (C=O) groups excluding carboxylic acids is 2. The van der Waals surface area contributed by atoms with E-state index in [1.54, 1.807) is 13.0 Å². The van der Waals surface area contributed by atoms with E-state index in [2.05, 4.69) is 10.3 Å². The minimum Gasteiger partial charge on any atom is -0.452 e. The summed E-state index contributed by atoms with van der Waals surface area (Å²) in [5, 5.41) is 13.3. The minimum atomic E-state index is -0.817. The number of carbonyl (C=O) groups is 2. The van der Waals surface area contributed by atoms with Crippen LogP contribution in [0.5, 0.6) is 0 Å². The Morgan fingerprint density at radius 1 is 1.33 bits per heavy atom. The van der Waals surface area contributed by atoms with Crippen LogP contribution < -0.4 is 5.32 Å². The number of nitrogens with one attached hydrogen (secondary N) is 1. The van der Waals surface area contributed by atoms with E-state index in [0.29, 0.717) is 5.56 Å². The second-order valence-corrected chi connectivity index (χ2v) is 5.05. The molecule has 0 aliphatic carbocycles. The summed E-state index contributed by atoms with van der Waals surface area (Å²) in [7, 11) is 0. The van der Waals surface area contributed by atoms with Crippen LogP contribution in [0.3, 0.4) is 0 Å². The number of rotatable bonds is 5. The van der Waals surface area contributed by atoms with Crippen molar-refractivity contribution in [2.75, 3.05) is 11.9 Å². The van der Waals surface area contributed by atoms with E-state index in [-0.39, 0.29) is 22.1 Å². The van der Waals surface area contributed by atoms with Crippen LogP contribution in [0.15, 0.2) is 36.5 Å². The van der Waals surface area contributed by atoms with Crippen molar-refractivity contribution in [2.24, 2.45) is 0 Å². The number of amides is 1. The molecule has 0 fully saturated rings. The molecule has 2 rings (SSSR count). The Morgan fingerprint density at radius 3 is 2.75 bits per heavy atom. The summed E-state index contributed by atoms with van der Waals surface area (Å²) in [6, 6.07) is 7.29. The molecule has 0 spiro atoms. The summed E-state index contributed by atoms with van der Waals surface area (Å²) in [6.07, 6.45) is 1.41. The van der Waals surface area contributed by atoms with Crippen LogP contribution in [0.2, 0.25) is 5.15 Å². The molecule has 0 saturated heterocycles. The average molecular weight is 350 g/mol. The molecule has 0 bridgehead atoms. The van der Waals surface area contributed by atoms with Gasteiger partial charge in [-0.25, -0.2) is 9.78 Å². The van der Waals surface area contributed by atoms with Gasteiger partial charge in [-0.3, -0.25) is 14.9 Å². The SMILES string of the molecule is Cc1cccc([N+](=O)[O-])c1NC(=O)COC(=O)c1cccnc1Cl. The van der Waals surface area contributed by atoms with Gasteiger partial charge in [0.1, 0.15) is 10.8 Å². The molecule has 1 aromatic heterocycles. The smallest absolute Gasteiger partial charge is 0.341 e. The van der Waals surface area contributed by atoms with E-state index in [9.17, 15) is 19.7 Å². The summed E-state index contributed by atoms with van der Waals surface area (Å²) in [5.41, 5.74) is 0.348. The Balaban J connectivity index is 2.04. The molecule has 1 amide bonds. The van der Waals surface area contributed by atoms with E-state index in [0.717, 1.165) is 0 Å². The van der Waals surface area contributed by atoms with Crippen LogP contribution in [-0.4, -0.2) is 28.4 Å². The predicted molar refractivity (Wildman–Crippen MR) is 86.0 cm³/mol. The van der Waals surface area contributed by atoms with E-state index < -0.39 is 23.4 Å². The average Bonchev–Trinajstić information content (AvgIpc) is 2.54. The number of benzene rings is 1. The van der Waals surface area contributed by atoms with Crippen LogP contribution in [0.4, 0.5) is 11.4 Å². The first kappa shape index (κ1) is 17.4. The number of aromatic nitrogens is 1. The highest BCUT2D eigenvalue weighted by Crippen LogP contribution is 2.27. The number of anilines is 1. The summed E-state index contributed by atoms with van der Waals surface area (Å²) in [6.45, 7) is 1.000. The lowest BCUT2D eigenvalue weighted by molar-refractivity contribution is -0.384. The fraction of sp³-hybridized carbons (Fsp3) is 0.133. The van der Waals surface area contributed by atoms with E-state index in [4.69, 9.17) is 16.3 Å². The number of nitro benzene ring substituents is 1. The molecule has 1 heterocycles. The third kappa shape index (κ3) is 4.05. The van der Waals surface area contributed by atoms with Gasteiger partial charge in [-0.15, -0.1) is 0 Å². The summed E-state index contributed by atoms with van der Waals surface area (Å²) in [4.78, 5) is 37.8. The molecule has 9 heteroatoms. The largest absolute Gasteiger partial charge is 0.452 e. The highest BCUT2D eigenvalue weighted by Gasteiger charge is 2.19. The zero-order valence-electron chi connectivity index (χ0n) is 12.5. The monoisotopic (exact) mass is 349 g/mol. The molecular formula is C15H12ClN3O5. The molecule has 1 N–H and O–H groups in total. The van der Waals surface area contributed by atoms with E-state index >= 15 is 0 Å². The molecule has 124 valence electrons. The second-order valence-electron chi connectivity index (χ2n) is 4.69. The number of esters is 1. The van der Waals surface area contributed by atoms with Gasteiger partial charge in [0.05, 0.1) is 10.5 Å². The minimum absolute atomic E-state index is 0.0221. The number of ether oxygens (including phenoxy) is 1. The molecule has 2 aromatic rings. The number of hydrogen-bond donors (Lipinski definition) is 1. The third-order valence-electron chi connectivity index (χ3n) is 3.03. The van der Waals surface area contributed by atoms with Gasteiger partial charge in [0.15, 0.2) is 6.61 Å². The lowest BCUT2D eigenvalue weighted by Crippen LogP contribution is -2.22. The number of aryl methyl sites for hydroxylation is 1. The number of pyridine rings is 1. The highest BCUT2D eigenvalue weighted by atomic mass is 35.5. The topological polar surface area (TPSA) is 111 Å². The van der Waals surface area contributed by atoms with Gasteiger partial charge in [0.25, 0.3) is 11.6 Å². The third-order valence-corrected chi connectivity index (χ3v) is 3.33. The van der Waals surface area contributed by atoms with Gasteiger partial charge in [-0.1, -0.05) is 23.7 Å². The van der Waals surface area contributed by atoms with Gasteiger partial charge in [0.2, 0.25) is 0 Å². The molecule has 0 saturated carbocycles. The first-order chi connectivity index (χ1) is 11.4. The summed E-state index contributed by atoms with van der Waals surface area (Å²) >= 11 is 5.75. The normalized spacial score (nSPS) is 10.1. The maximum Gasteiger partial charge on any atom is 0.341 e. The van der Waals surface area contributed by atoms with Gasteiger partial charge in [-0.05, 0) is 24.6 Å². The molecule has 8 nitrogen and oxygen atoms in total. The van der Waals surface area contributed by atoms with Crippen molar-refractivity contribution in [3.8, 4) is 0 Å². The maximum atomic E-state index is 11.9. The molecular weight excluding hydrogens is 338 g/mol. The number of para-hydroxylation sites is 1. The standard InChI is InChI=1S/C15H12ClN3O5/c1-9-4-2-6-11(19(22)23)13(9)18-12(20)8-24-15(21)10-5-3-7-17-14(10)16/h2-7H,8H2,1H3,(H,18,20). The predicted octanol–water partition coefficient (Wildman–Crippen LogP) is 2.75. The zero-order chi connectivity index (χ0) is 17.7. The van der Waals surface area contributed by atoms with Crippen molar-refractivity contribution in [3.63, 3.8) is 0 Å². The van der Waals surface area contributed by atoms with Gasteiger partial charge in [-0.2, -0.15) is 0 Å². The van der Waals surface area contributed by atoms with Crippen molar-refractivity contribution < 1.29 is 19.2 Å². The molecule has 0 radical (unpaired) electrons. The van der Waals surface area contributed by atoms with Gasteiger partial charge < -0.3 is 10.1 Å². The molecule has 1 aromatic carbocycles. The van der Waals surface area contributed by atoms with Crippen LogP contribution in [0.1, 0.15) is 15.9 Å². The Kier molecular flexibility index (Phi) is 5.43. The highest BCUT2D eigenvalue weighted by molar-refractivity contribution is 6.32. The Hall–Kier alpha value is -3.00. The Morgan fingerprint density at radius 2 is 2.08 bits per heavy atom. The van der Waals surface area contributed by atoms with Crippen molar-refractivity contribution in [1.82, 2.24) is 4.98 Å². The first-order valence-corrected chi connectivity index (χ1v) is 7.09. The molecule has 24 heavy (non-hydrogen) atoms. The van der Waals surface area contributed by atoms with Crippen molar-refractivity contribution in [1.29, 1.82) is 0 Å². The second kappa shape index (κ2) is 7.51. The van der Waals surface area contributed by atoms with Crippen LogP contribution >= 0.6 is 11.6 Å². The van der Waals surface area contributed by atoms with E-state index in [1.807, 2.05) is 0 Å². The number of halogens is 1. The quantitative estimate of drug-likeness (QED) is 0.384. The maximum absolute atomic E-state index is 11.9. The zero-order valence-corrected chi connectivity index (χ0v) is 13.2. The van der Waals surface area contributed by atoms with Crippen molar-refractivity contribution >= 4 is 34.9 Å². The Labute approximate surface area is 141 Å². The van der Waals surface area contributed by atoms with Gasteiger partial charge >= 0.3 is 5.97 Å². The lowest BCUT2D eigenvalue weighted by atomic mass is 10.1. The van der Waals surface area contributed by atoms with Crippen molar-refractivity contribution in [2.45, 2.75) is 6.92 Å². The lowest BCUT2D eigenvalue weighted by Gasteiger charge is -2.09. The molecule has 0 atom stereocenters. The molecule has 0 aliphatic heterocycles. The summed E-state index contributed by atoms with van der Waals surface area (Å²) in [5.74, 6) is -1.52. The fourth-order valence-corrected chi connectivity index (χ4v) is 2.09. The van der Waals surface area contributed by atoms with Crippen LogP contribution in [0, 0.1) is 17.0 Å².